The number of nitrogens with two attached hydrogens (primary N) is 1. The molecule has 0 bridgehead atoms. The Labute approximate surface area is 105 Å². The van der Waals surface area contributed by atoms with Crippen molar-refractivity contribution in [2.75, 3.05) is 0 Å². The van der Waals surface area contributed by atoms with Crippen molar-refractivity contribution in [3.05, 3.63) is 34.6 Å². The fourth-order valence-corrected chi connectivity index (χ4v) is 1.69. The standard InChI is InChI=1S/C12H15FN2OS/c1-7-3-9(4-8(2)12(7)13)6-15-11(16)5-10(14)17/h3-4H,5-6H2,1-2H3,(H2,14,17)(H,15,16). The predicted octanol–water partition coefficient (Wildman–Crippen LogP) is 1.73. The molecule has 17 heavy (non-hydrogen) atoms. The van der Waals surface area contributed by atoms with Crippen molar-refractivity contribution in [3.63, 3.8) is 0 Å². The molecule has 0 saturated carbocycles. The second-order valence-corrected chi connectivity index (χ2v) is 4.49. The Morgan fingerprint density at radius 2 is 1.94 bits per heavy atom. The van der Waals surface area contributed by atoms with Crippen molar-refractivity contribution in [2.45, 2.75) is 26.8 Å². The molecule has 1 amide bonds. The summed E-state index contributed by atoms with van der Waals surface area (Å²) in [7, 11) is 0. The molecule has 0 atom stereocenters. The summed E-state index contributed by atoms with van der Waals surface area (Å²) in [6.45, 7) is 3.74. The molecule has 0 radical (unpaired) electrons. The van der Waals surface area contributed by atoms with Gasteiger partial charge in [-0.2, -0.15) is 0 Å². The average molecular weight is 254 g/mol. The molecule has 3 N–H and O–H groups in total. The third-order valence-electron chi connectivity index (χ3n) is 2.32. The molecule has 5 heteroatoms. The van der Waals surface area contributed by atoms with E-state index in [1.54, 1.807) is 26.0 Å². The Morgan fingerprint density at radius 1 is 1.41 bits per heavy atom. The molecule has 0 aromatic heterocycles. The van der Waals surface area contributed by atoms with Crippen LogP contribution in [0.4, 0.5) is 4.39 Å². The number of halogens is 1. The minimum atomic E-state index is -0.225. The number of carbonyl (C=O) groups is 1. The van der Waals surface area contributed by atoms with Crippen molar-refractivity contribution >= 4 is 23.1 Å². The van der Waals surface area contributed by atoms with Crippen LogP contribution in [0.25, 0.3) is 0 Å². The summed E-state index contributed by atoms with van der Waals surface area (Å²) >= 11 is 4.63. The van der Waals surface area contributed by atoms with Crippen LogP contribution < -0.4 is 11.1 Å². The fraction of sp³-hybridized carbons (Fsp3) is 0.333. The summed E-state index contributed by atoms with van der Waals surface area (Å²) in [5.41, 5.74) is 7.26. The molecular formula is C12H15FN2OS. The molecule has 0 heterocycles. The van der Waals surface area contributed by atoms with E-state index in [4.69, 9.17) is 5.73 Å². The smallest absolute Gasteiger partial charge is 0.227 e. The monoisotopic (exact) mass is 254 g/mol. The van der Waals surface area contributed by atoms with Gasteiger partial charge in [-0.3, -0.25) is 4.79 Å². The number of benzene rings is 1. The summed E-state index contributed by atoms with van der Waals surface area (Å²) in [5, 5.41) is 2.68. The van der Waals surface area contributed by atoms with Crippen LogP contribution in [0.1, 0.15) is 23.1 Å². The second-order valence-electron chi connectivity index (χ2n) is 3.96. The molecule has 1 aromatic carbocycles. The van der Waals surface area contributed by atoms with Crippen LogP contribution in [0.15, 0.2) is 12.1 Å². The average Bonchev–Trinajstić information content (AvgIpc) is 2.22. The molecule has 1 rings (SSSR count). The van der Waals surface area contributed by atoms with Gasteiger partial charge in [-0.05, 0) is 30.5 Å². The maximum absolute atomic E-state index is 13.4. The van der Waals surface area contributed by atoms with Crippen LogP contribution in [0.5, 0.6) is 0 Å². The Hall–Kier alpha value is -1.49. The molecule has 0 aliphatic carbocycles. The lowest BCUT2D eigenvalue weighted by molar-refractivity contribution is -0.120. The van der Waals surface area contributed by atoms with Gasteiger partial charge in [0.05, 0.1) is 11.4 Å². The lowest BCUT2D eigenvalue weighted by atomic mass is 10.1. The van der Waals surface area contributed by atoms with E-state index in [1.165, 1.54) is 0 Å². The first-order valence-electron chi connectivity index (χ1n) is 5.20. The van der Waals surface area contributed by atoms with E-state index in [0.717, 1.165) is 5.56 Å². The zero-order valence-corrected chi connectivity index (χ0v) is 10.7. The first-order chi connectivity index (χ1) is 7.90. The van der Waals surface area contributed by atoms with Crippen molar-refractivity contribution in [1.82, 2.24) is 5.32 Å². The van der Waals surface area contributed by atoms with Crippen LogP contribution in [-0.4, -0.2) is 10.9 Å². The van der Waals surface area contributed by atoms with Gasteiger partial charge in [-0.15, -0.1) is 0 Å². The number of hydrogen-bond donors (Lipinski definition) is 2. The van der Waals surface area contributed by atoms with Gasteiger partial charge in [0.25, 0.3) is 0 Å². The van der Waals surface area contributed by atoms with E-state index in [0.29, 0.717) is 17.7 Å². The van der Waals surface area contributed by atoms with Crippen LogP contribution in [0.3, 0.4) is 0 Å². The Bertz CT molecular complexity index is 437. The first kappa shape index (κ1) is 13.6. The van der Waals surface area contributed by atoms with Crippen LogP contribution in [-0.2, 0) is 11.3 Å². The number of nitrogens with one attached hydrogen (secondary N) is 1. The van der Waals surface area contributed by atoms with E-state index in [2.05, 4.69) is 17.5 Å². The molecule has 0 spiro atoms. The maximum atomic E-state index is 13.4. The maximum Gasteiger partial charge on any atom is 0.227 e. The van der Waals surface area contributed by atoms with Gasteiger partial charge in [0, 0.05) is 6.54 Å². The van der Waals surface area contributed by atoms with E-state index in [-0.39, 0.29) is 23.1 Å². The predicted molar refractivity (Wildman–Crippen MR) is 69.1 cm³/mol. The number of rotatable bonds is 4. The Kier molecular flexibility index (Phi) is 4.57. The highest BCUT2D eigenvalue weighted by Gasteiger charge is 2.06. The highest BCUT2D eigenvalue weighted by atomic mass is 32.1. The summed E-state index contributed by atoms with van der Waals surface area (Å²) in [6.07, 6.45) is 0.0362. The number of amides is 1. The Balaban J connectivity index is 2.64. The van der Waals surface area contributed by atoms with Crippen LogP contribution in [0.2, 0.25) is 0 Å². The van der Waals surface area contributed by atoms with E-state index < -0.39 is 0 Å². The minimum Gasteiger partial charge on any atom is -0.393 e. The summed E-state index contributed by atoms with van der Waals surface area (Å²) in [4.78, 5) is 11.5. The molecule has 1 aromatic rings. The van der Waals surface area contributed by atoms with Gasteiger partial charge in [-0.25, -0.2) is 4.39 Å². The van der Waals surface area contributed by atoms with Crippen molar-refractivity contribution in [1.29, 1.82) is 0 Å². The van der Waals surface area contributed by atoms with Crippen LogP contribution in [0, 0.1) is 19.7 Å². The van der Waals surface area contributed by atoms with Gasteiger partial charge in [0.15, 0.2) is 0 Å². The zero-order valence-electron chi connectivity index (χ0n) is 9.84. The van der Waals surface area contributed by atoms with Gasteiger partial charge in [0.2, 0.25) is 5.91 Å². The third-order valence-corrected chi connectivity index (χ3v) is 2.47. The number of aryl methyl sites for hydroxylation is 2. The molecule has 0 aliphatic heterocycles. The fourth-order valence-electron chi connectivity index (χ4n) is 1.56. The molecule has 0 saturated heterocycles. The van der Waals surface area contributed by atoms with Gasteiger partial charge >= 0.3 is 0 Å². The molecular weight excluding hydrogens is 239 g/mol. The molecule has 0 unspecified atom stereocenters. The van der Waals surface area contributed by atoms with Gasteiger partial charge < -0.3 is 11.1 Å². The van der Waals surface area contributed by atoms with E-state index in [1.807, 2.05) is 0 Å². The number of hydrogen-bond acceptors (Lipinski definition) is 2. The Morgan fingerprint density at radius 3 is 2.41 bits per heavy atom. The SMILES string of the molecule is Cc1cc(CNC(=O)CC(N)=S)cc(C)c1F. The van der Waals surface area contributed by atoms with Gasteiger partial charge in [0.1, 0.15) is 5.82 Å². The summed E-state index contributed by atoms with van der Waals surface area (Å²) in [5.74, 6) is -0.430. The van der Waals surface area contributed by atoms with Crippen molar-refractivity contribution in [2.24, 2.45) is 5.73 Å². The second kappa shape index (κ2) is 5.72. The first-order valence-corrected chi connectivity index (χ1v) is 5.61. The lowest BCUT2D eigenvalue weighted by Crippen LogP contribution is -2.27. The lowest BCUT2D eigenvalue weighted by Gasteiger charge is -2.08. The summed E-state index contributed by atoms with van der Waals surface area (Å²) < 4.78 is 13.4. The number of carbonyl (C=O) groups excluding carboxylic acids is 1. The molecule has 0 fully saturated rings. The van der Waals surface area contributed by atoms with Gasteiger partial charge in [-0.1, -0.05) is 24.4 Å². The van der Waals surface area contributed by atoms with Crippen molar-refractivity contribution in [3.8, 4) is 0 Å². The normalized spacial score (nSPS) is 10.1. The number of thiocarbonyl (C=S) groups is 1. The minimum absolute atomic E-state index is 0.0362. The zero-order chi connectivity index (χ0) is 13.0. The highest BCUT2D eigenvalue weighted by Crippen LogP contribution is 2.14. The quantitative estimate of drug-likeness (QED) is 0.805. The van der Waals surface area contributed by atoms with Crippen LogP contribution >= 0.6 is 12.2 Å². The summed E-state index contributed by atoms with van der Waals surface area (Å²) in [6, 6.07) is 3.42. The third kappa shape index (κ3) is 4.11. The topological polar surface area (TPSA) is 55.1 Å². The highest BCUT2D eigenvalue weighted by molar-refractivity contribution is 7.80. The molecule has 92 valence electrons. The van der Waals surface area contributed by atoms with E-state index >= 15 is 0 Å². The largest absolute Gasteiger partial charge is 0.393 e. The van der Waals surface area contributed by atoms with E-state index in [9.17, 15) is 9.18 Å². The van der Waals surface area contributed by atoms with Crippen molar-refractivity contribution < 1.29 is 9.18 Å². The molecule has 3 nitrogen and oxygen atoms in total. The molecule has 0 aliphatic rings.